The summed E-state index contributed by atoms with van der Waals surface area (Å²) in [5, 5.41) is 9.99. The molecule has 1 aromatic carbocycles. The number of hydrogen-bond acceptors (Lipinski definition) is 2. The molecule has 0 radical (unpaired) electrons. The monoisotopic (exact) mass is 224 g/mol. The van der Waals surface area contributed by atoms with Crippen molar-refractivity contribution < 1.29 is 5.11 Å². The Morgan fingerprint density at radius 3 is 2.33 bits per heavy atom. The molecule has 84 valence electrons. The van der Waals surface area contributed by atoms with Crippen LogP contribution in [0.3, 0.4) is 0 Å². The summed E-state index contributed by atoms with van der Waals surface area (Å²) in [4.78, 5) is 0. The molecule has 1 unspecified atom stereocenters. The zero-order chi connectivity index (χ0) is 11.3. The van der Waals surface area contributed by atoms with E-state index >= 15 is 0 Å². The number of aliphatic hydroxyl groups is 1. The summed E-state index contributed by atoms with van der Waals surface area (Å²) < 4.78 is 0. The standard InChI is InChI=1S/C13H20OS/c1-10-7-11(2)9-12(8-10)13(14)5-4-6-15-3/h7-9,13-14H,4-6H2,1-3H3. The van der Waals surface area contributed by atoms with Gasteiger partial charge in [0.1, 0.15) is 0 Å². The van der Waals surface area contributed by atoms with Crippen molar-refractivity contribution in [3.8, 4) is 0 Å². The second-order valence-corrected chi connectivity index (χ2v) is 5.06. The third-order valence-corrected chi connectivity index (χ3v) is 3.15. The van der Waals surface area contributed by atoms with Crippen LogP contribution in [0.25, 0.3) is 0 Å². The van der Waals surface area contributed by atoms with Gasteiger partial charge in [-0.25, -0.2) is 0 Å². The Morgan fingerprint density at radius 1 is 1.20 bits per heavy atom. The Labute approximate surface area is 96.9 Å². The summed E-state index contributed by atoms with van der Waals surface area (Å²) in [6, 6.07) is 6.30. The van der Waals surface area contributed by atoms with E-state index in [-0.39, 0.29) is 6.10 Å². The minimum atomic E-state index is -0.296. The average molecular weight is 224 g/mol. The van der Waals surface area contributed by atoms with Gasteiger partial charge in [0.25, 0.3) is 0 Å². The van der Waals surface area contributed by atoms with E-state index in [2.05, 4.69) is 38.3 Å². The molecule has 0 aliphatic heterocycles. The quantitative estimate of drug-likeness (QED) is 0.773. The Hall–Kier alpha value is -0.470. The van der Waals surface area contributed by atoms with E-state index in [0.717, 1.165) is 24.2 Å². The van der Waals surface area contributed by atoms with Gasteiger partial charge in [-0.05, 0) is 44.3 Å². The van der Waals surface area contributed by atoms with Gasteiger partial charge in [0.15, 0.2) is 0 Å². The summed E-state index contributed by atoms with van der Waals surface area (Å²) in [5.74, 6) is 1.13. The van der Waals surface area contributed by atoms with Crippen LogP contribution in [0.4, 0.5) is 0 Å². The molecule has 1 rings (SSSR count). The number of aryl methyl sites for hydroxylation is 2. The van der Waals surface area contributed by atoms with Crippen LogP contribution in [0.15, 0.2) is 18.2 Å². The van der Waals surface area contributed by atoms with Gasteiger partial charge in [-0.1, -0.05) is 29.3 Å². The highest BCUT2D eigenvalue weighted by Crippen LogP contribution is 2.21. The normalized spacial score (nSPS) is 12.8. The lowest BCUT2D eigenvalue weighted by Gasteiger charge is -2.12. The minimum absolute atomic E-state index is 0.296. The Morgan fingerprint density at radius 2 is 1.80 bits per heavy atom. The summed E-state index contributed by atoms with van der Waals surface area (Å²) in [6.07, 6.45) is 3.75. The Kier molecular flexibility index (Phi) is 5.20. The van der Waals surface area contributed by atoms with Gasteiger partial charge in [0, 0.05) is 0 Å². The lowest BCUT2D eigenvalue weighted by atomic mass is 10.0. The largest absolute Gasteiger partial charge is 0.388 e. The second kappa shape index (κ2) is 6.19. The molecule has 0 fully saturated rings. The van der Waals surface area contributed by atoms with Gasteiger partial charge in [0.05, 0.1) is 6.10 Å². The lowest BCUT2D eigenvalue weighted by molar-refractivity contribution is 0.167. The van der Waals surface area contributed by atoms with Gasteiger partial charge in [-0.2, -0.15) is 11.8 Å². The first-order valence-electron chi connectivity index (χ1n) is 5.38. The van der Waals surface area contributed by atoms with Crippen molar-refractivity contribution in [2.24, 2.45) is 0 Å². The van der Waals surface area contributed by atoms with Gasteiger partial charge in [-0.3, -0.25) is 0 Å². The zero-order valence-electron chi connectivity index (χ0n) is 9.79. The van der Waals surface area contributed by atoms with Crippen molar-refractivity contribution in [3.63, 3.8) is 0 Å². The highest BCUT2D eigenvalue weighted by Gasteiger charge is 2.07. The summed E-state index contributed by atoms with van der Waals surface area (Å²) in [7, 11) is 0. The van der Waals surface area contributed by atoms with Crippen LogP contribution in [0.5, 0.6) is 0 Å². The molecule has 1 atom stereocenters. The van der Waals surface area contributed by atoms with E-state index in [4.69, 9.17) is 0 Å². The van der Waals surface area contributed by atoms with Crippen LogP contribution in [0, 0.1) is 13.8 Å². The van der Waals surface area contributed by atoms with E-state index in [1.165, 1.54) is 11.1 Å². The second-order valence-electron chi connectivity index (χ2n) is 4.07. The van der Waals surface area contributed by atoms with Gasteiger partial charge in [-0.15, -0.1) is 0 Å². The maximum atomic E-state index is 9.99. The van der Waals surface area contributed by atoms with Crippen LogP contribution in [-0.4, -0.2) is 17.1 Å². The van der Waals surface area contributed by atoms with Crippen LogP contribution in [0.1, 0.15) is 35.6 Å². The highest BCUT2D eigenvalue weighted by atomic mass is 32.2. The molecule has 0 saturated carbocycles. The molecule has 0 saturated heterocycles. The molecular weight excluding hydrogens is 204 g/mol. The summed E-state index contributed by atoms with van der Waals surface area (Å²) in [5.41, 5.74) is 3.52. The number of benzene rings is 1. The first kappa shape index (κ1) is 12.6. The molecular formula is C13H20OS. The molecule has 0 aliphatic rings. The van der Waals surface area contributed by atoms with Gasteiger partial charge < -0.3 is 5.11 Å². The molecule has 1 nitrogen and oxygen atoms in total. The van der Waals surface area contributed by atoms with E-state index in [9.17, 15) is 5.11 Å². The number of rotatable bonds is 5. The third kappa shape index (κ3) is 4.27. The predicted octanol–water partition coefficient (Wildman–Crippen LogP) is 3.48. The van der Waals surface area contributed by atoms with Crippen LogP contribution in [-0.2, 0) is 0 Å². The molecule has 15 heavy (non-hydrogen) atoms. The molecule has 0 spiro atoms. The van der Waals surface area contributed by atoms with Crippen LogP contribution < -0.4 is 0 Å². The fourth-order valence-corrected chi connectivity index (χ4v) is 2.25. The molecule has 0 aromatic heterocycles. The number of thioether (sulfide) groups is 1. The van der Waals surface area contributed by atoms with Gasteiger partial charge in [0.2, 0.25) is 0 Å². The summed E-state index contributed by atoms with van der Waals surface area (Å²) in [6.45, 7) is 4.15. The van der Waals surface area contributed by atoms with Gasteiger partial charge >= 0.3 is 0 Å². The fraction of sp³-hybridized carbons (Fsp3) is 0.538. The molecule has 1 aromatic rings. The Bertz CT molecular complexity index is 289. The molecule has 0 bridgehead atoms. The smallest absolute Gasteiger partial charge is 0.0790 e. The fourth-order valence-electron chi connectivity index (χ4n) is 1.79. The maximum absolute atomic E-state index is 9.99. The van der Waals surface area contributed by atoms with Crippen molar-refractivity contribution in [2.45, 2.75) is 32.8 Å². The molecule has 1 N–H and O–H groups in total. The van der Waals surface area contributed by atoms with E-state index < -0.39 is 0 Å². The predicted molar refractivity (Wildman–Crippen MR) is 68.5 cm³/mol. The first-order valence-corrected chi connectivity index (χ1v) is 6.78. The van der Waals surface area contributed by atoms with E-state index in [1.807, 2.05) is 11.8 Å². The van der Waals surface area contributed by atoms with Crippen LogP contribution in [0.2, 0.25) is 0 Å². The topological polar surface area (TPSA) is 20.2 Å². The van der Waals surface area contributed by atoms with Crippen molar-refractivity contribution in [2.75, 3.05) is 12.0 Å². The molecule has 0 amide bonds. The average Bonchev–Trinajstić information content (AvgIpc) is 2.16. The molecule has 0 heterocycles. The van der Waals surface area contributed by atoms with E-state index in [0.29, 0.717) is 0 Å². The van der Waals surface area contributed by atoms with Crippen molar-refractivity contribution in [1.29, 1.82) is 0 Å². The SMILES string of the molecule is CSCCCC(O)c1cc(C)cc(C)c1. The first-order chi connectivity index (χ1) is 7.13. The lowest BCUT2D eigenvalue weighted by Crippen LogP contribution is -1.99. The molecule has 0 aliphatic carbocycles. The van der Waals surface area contributed by atoms with Crippen LogP contribution >= 0.6 is 11.8 Å². The van der Waals surface area contributed by atoms with E-state index in [1.54, 1.807) is 0 Å². The minimum Gasteiger partial charge on any atom is -0.388 e. The zero-order valence-corrected chi connectivity index (χ0v) is 10.6. The van der Waals surface area contributed by atoms with Crippen molar-refractivity contribution >= 4 is 11.8 Å². The van der Waals surface area contributed by atoms with Crippen molar-refractivity contribution in [3.05, 3.63) is 34.9 Å². The maximum Gasteiger partial charge on any atom is 0.0790 e. The van der Waals surface area contributed by atoms with Crippen molar-refractivity contribution in [1.82, 2.24) is 0 Å². The highest BCUT2D eigenvalue weighted by molar-refractivity contribution is 7.98. The summed E-state index contributed by atoms with van der Waals surface area (Å²) >= 11 is 1.83. The molecule has 2 heteroatoms. The Balaban J connectivity index is 2.60. The third-order valence-electron chi connectivity index (χ3n) is 2.45. The number of aliphatic hydroxyl groups excluding tert-OH is 1. The number of hydrogen-bond donors (Lipinski definition) is 1.